The molecule has 1 aliphatic heterocycles. The molecule has 1 aliphatic rings. The van der Waals surface area contributed by atoms with E-state index in [1.807, 2.05) is 6.07 Å². The lowest BCUT2D eigenvalue weighted by atomic mass is 10.0. The van der Waals surface area contributed by atoms with Gasteiger partial charge in [-0.25, -0.2) is 0 Å². The van der Waals surface area contributed by atoms with E-state index in [0.29, 0.717) is 11.1 Å². The minimum absolute atomic E-state index is 0.410. The molecule has 1 unspecified atom stereocenters. The number of benzene rings is 1. The standard InChI is InChI=1S/C13H15ClO2S/c1-15-11-7-9-4-6-17-13(3-5-14)10(9)8-12(11)16-2/h4,6-8,13H,3,5H2,1-2H3. The van der Waals surface area contributed by atoms with Crippen molar-refractivity contribution < 1.29 is 9.47 Å². The first kappa shape index (κ1) is 12.7. The molecule has 0 spiro atoms. The SMILES string of the molecule is COc1cc2c(cc1OC)C(CCCl)SC=C2. The second-order valence-corrected chi connectivity index (χ2v) is 5.23. The molecule has 4 heteroatoms. The molecule has 0 amide bonds. The van der Waals surface area contributed by atoms with Gasteiger partial charge in [0.25, 0.3) is 0 Å². The third kappa shape index (κ3) is 2.55. The fraction of sp³-hybridized carbons (Fsp3) is 0.385. The first-order valence-corrected chi connectivity index (χ1v) is 6.91. The Morgan fingerprint density at radius 3 is 2.59 bits per heavy atom. The molecule has 0 N–H and O–H groups in total. The third-order valence-electron chi connectivity index (χ3n) is 2.80. The lowest BCUT2D eigenvalue weighted by Gasteiger charge is -2.22. The number of hydrogen-bond donors (Lipinski definition) is 0. The van der Waals surface area contributed by atoms with Crippen LogP contribution >= 0.6 is 23.4 Å². The maximum absolute atomic E-state index is 5.84. The lowest BCUT2D eigenvalue weighted by molar-refractivity contribution is 0.354. The average molecular weight is 271 g/mol. The molecular formula is C13H15ClO2S. The fourth-order valence-electron chi connectivity index (χ4n) is 1.94. The van der Waals surface area contributed by atoms with Gasteiger partial charge in [-0.05, 0) is 41.2 Å². The van der Waals surface area contributed by atoms with E-state index in [2.05, 4.69) is 17.6 Å². The molecule has 1 aromatic rings. The number of rotatable bonds is 4. The van der Waals surface area contributed by atoms with Crippen LogP contribution in [0.3, 0.4) is 0 Å². The zero-order valence-corrected chi connectivity index (χ0v) is 11.5. The highest BCUT2D eigenvalue weighted by Gasteiger charge is 2.20. The maximum atomic E-state index is 5.84. The van der Waals surface area contributed by atoms with Gasteiger partial charge in [-0.15, -0.1) is 23.4 Å². The van der Waals surface area contributed by atoms with Gasteiger partial charge in [-0.1, -0.05) is 0 Å². The van der Waals surface area contributed by atoms with Crippen LogP contribution in [0.4, 0.5) is 0 Å². The molecular weight excluding hydrogens is 256 g/mol. The van der Waals surface area contributed by atoms with Crippen LogP contribution in [0.1, 0.15) is 22.8 Å². The average Bonchev–Trinajstić information content (AvgIpc) is 2.38. The molecule has 92 valence electrons. The van der Waals surface area contributed by atoms with E-state index in [4.69, 9.17) is 21.1 Å². The first-order chi connectivity index (χ1) is 8.30. The monoisotopic (exact) mass is 270 g/mol. The summed E-state index contributed by atoms with van der Waals surface area (Å²) in [7, 11) is 3.31. The third-order valence-corrected chi connectivity index (χ3v) is 4.13. The molecule has 0 aliphatic carbocycles. The van der Waals surface area contributed by atoms with Gasteiger partial charge in [-0.2, -0.15) is 0 Å². The van der Waals surface area contributed by atoms with Gasteiger partial charge >= 0.3 is 0 Å². The largest absolute Gasteiger partial charge is 0.493 e. The van der Waals surface area contributed by atoms with Crippen LogP contribution in [-0.4, -0.2) is 20.1 Å². The zero-order chi connectivity index (χ0) is 12.3. The maximum Gasteiger partial charge on any atom is 0.161 e. The van der Waals surface area contributed by atoms with E-state index in [-0.39, 0.29) is 0 Å². The molecule has 1 heterocycles. The Hall–Kier alpha value is -0.800. The molecule has 0 fully saturated rings. The van der Waals surface area contributed by atoms with Crippen LogP contribution in [0.5, 0.6) is 11.5 Å². The minimum Gasteiger partial charge on any atom is -0.493 e. The topological polar surface area (TPSA) is 18.5 Å². The first-order valence-electron chi connectivity index (χ1n) is 5.44. The smallest absolute Gasteiger partial charge is 0.161 e. The van der Waals surface area contributed by atoms with Crippen LogP contribution in [0, 0.1) is 0 Å². The summed E-state index contributed by atoms with van der Waals surface area (Å²) in [6.07, 6.45) is 3.06. The molecule has 1 atom stereocenters. The van der Waals surface area contributed by atoms with E-state index in [1.54, 1.807) is 26.0 Å². The van der Waals surface area contributed by atoms with Crippen molar-refractivity contribution in [2.75, 3.05) is 20.1 Å². The molecule has 0 aromatic heterocycles. The molecule has 17 heavy (non-hydrogen) atoms. The van der Waals surface area contributed by atoms with E-state index in [0.717, 1.165) is 17.9 Å². The summed E-state index contributed by atoms with van der Waals surface area (Å²) in [6.45, 7) is 0. The molecule has 0 radical (unpaired) electrons. The minimum atomic E-state index is 0.410. The number of thioether (sulfide) groups is 1. The van der Waals surface area contributed by atoms with Crippen molar-refractivity contribution in [3.8, 4) is 11.5 Å². The van der Waals surface area contributed by atoms with Crippen molar-refractivity contribution in [2.24, 2.45) is 0 Å². The summed E-state index contributed by atoms with van der Waals surface area (Å²) in [5, 5.41) is 2.53. The molecule has 2 nitrogen and oxygen atoms in total. The second-order valence-electron chi connectivity index (χ2n) is 3.74. The summed E-state index contributed by atoms with van der Waals surface area (Å²) >= 11 is 7.64. The van der Waals surface area contributed by atoms with Crippen molar-refractivity contribution in [1.29, 1.82) is 0 Å². The Balaban J connectivity index is 2.44. The van der Waals surface area contributed by atoms with Crippen LogP contribution in [0.25, 0.3) is 6.08 Å². The van der Waals surface area contributed by atoms with E-state index >= 15 is 0 Å². The highest BCUT2D eigenvalue weighted by molar-refractivity contribution is 8.02. The van der Waals surface area contributed by atoms with Gasteiger partial charge in [0, 0.05) is 11.1 Å². The van der Waals surface area contributed by atoms with Gasteiger partial charge in [0.15, 0.2) is 11.5 Å². The van der Waals surface area contributed by atoms with Crippen LogP contribution in [-0.2, 0) is 0 Å². The predicted octanol–water partition coefficient (Wildman–Crippen LogP) is 4.09. The number of ether oxygens (including phenoxy) is 2. The summed E-state index contributed by atoms with van der Waals surface area (Å²) in [5.74, 6) is 2.22. The Labute approximate surface area is 111 Å². The van der Waals surface area contributed by atoms with Gasteiger partial charge < -0.3 is 9.47 Å². The van der Waals surface area contributed by atoms with Crippen molar-refractivity contribution in [3.63, 3.8) is 0 Å². The van der Waals surface area contributed by atoms with E-state index in [1.165, 1.54) is 11.1 Å². The zero-order valence-electron chi connectivity index (χ0n) is 9.90. The number of alkyl halides is 1. The van der Waals surface area contributed by atoms with Crippen molar-refractivity contribution in [2.45, 2.75) is 11.7 Å². The van der Waals surface area contributed by atoms with Crippen molar-refractivity contribution in [1.82, 2.24) is 0 Å². The van der Waals surface area contributed by atoms with Crippen molar-refractivity contribution >= 4 is 29.4 Å². The highest BCUT2D eigenvalue weighted by Crippen LogP contribution is 2.44. The summed E-state index contributed by atoms with van der Waals surface area (Å²) in [4.78, 5) is 0. The van der Waals surface area contributed by atoms with E-state index in [9.17, 15) is 0 Å². The lowest BCUT2D eigenvalue weighted by Crippen LogP contribution is -2.02. The normalized spacial score (nSPS) is 17.7. The Kier molecular flexibility index (Phi) is 4.24. The van der Waals surface area contributed by atoms with Gasteiger partial charge in [0.2, 0.25) is 0 Å². The highest BCUT2D eigenvalue weighted by atomic mass is 35.5. The number of hydrogen-bond acceptors (Lipinski definition) is 3. The van der Waals surface area contributed by atoms with Crippen LogP contribution in [0.15, 0.2) is 17.5 Å². The second kappa shape index (κ2) is 5.69. The number of methoxy groups -OCH3 is 2. The van der Waals surface area contributed by atoms with Crippen molar-refractivity contribution in [3.05, 3.63) is 28.7 Å². The Bertz CT molecular complexity index is 432. The fourth-order valence-corrected chi connectivity index (χ4v) is 3.30. The molecule has 2 rings (SSSR count). The predicted molar refractivity (Wildman–Crippen MR) is 74.2 cm³/mol. The van der Waals surface area contributed by atoms with E-state index < -0.39 is 0 Å². The Morgan fingerprint density at radius 2 is 1.94 bits per heavy atom. The van der Waals surface area contributed by atoms with Crippen LogP contribution < -0.4 is 9.47 Å². The summed E-state index contributed by atoms with van der Waals surface area (Å²) in [6, 6.07) is 4.08. The number of halogens is 1. The molecule has 0 saturated heterocycles. The van der Waals surface area contributed by atoms with Gasteiger partial charge in [0.05, 0.1) is 14.2 Å². The Morgan fingerprint density at radius 1 is 1.24 bits per heavy atom. The number of fused-ring (bicyclic) bond motifs is 1. The van der Waals surface area contributed by atoms with Gasteiger partial charge in [0.1, 0.15) is 0 Å². The summed E-state index contributed by atoms with van der Waals surface area (Å²) in [5.41, 5.74) is 2.47. The quantitative estimate of drug-likeness (QED) is 0.768. The molecule has 0 saturated carbocycles. The molecule has 0 bridgehead atoms. The summed E-state index contributed by atoms with van der Waals surface area (Å²) < 4.78 is 10.6. The molecule has 1 aromatic carbocycles. The van der Waals surface area contributed by atoms with Crippen LogP contribution in [0.2, 0.25) is 0 Å². The van der Waals surface area contributed by atoms with Gasteiger partial charge in [-0.3, -0.25) is 0 Å².